The van der Waals surface area contributed by atoms with Crippen molar-refractivity contribution >= 4 is 17.8 Å². The summed E-state index contributed by atoms with van der Waals surface area (Å²) in [6.07, 6.45) is -3.57. The second-order valence-corrected chi connectivity index (χ2v) is 5.70. The predicted molar refractivity (Wildman–Crippen MR) is 80.2 cm³/mol. The van der Waals surface area contributed by atoms with Gasteiger partial charge in [-0.1, -0.05) is 12.1 Å². The number of esters is 1. The first-order valence-electron chi connectivity index (χ1n) is 7.60. The molecule has 136 valence electrons. The number of hydrogen-bond donors (Lipinski definition) is 1. The Morgan fingerprint density at radius 1 is 1.24 bits per heavy atom. The Bertz CT molecular complexity index is 676. The van der Waals surface area contributed by atoms with Gasteiger partial charge >= 0.3 is 12.1 Å². The monoisotopic (exact) mass is 358 g/mol. The molecule has 1 atom stereocenters. The minimum absolute atomic E-state index is 0.116. The highest BCUT2D eigenvalue weighted by molar-refractivity contribution is 5.93. The molecule has 0 aliphatic carbocycles. The summed E-state index contributed by atoms with van der Waals surface area (Å²) in [7, 11) is 0. The molecule has 2 N–H and O–H groups in total. The summed E-state index contributed by atoms with van der Waals surface area (Å²) < 4.78 is 43.4. The maximum atomic E-state index is 12.9. The Balaban J connectivity index is 1.99. The first-order valence-corrected chi connectivity index (χ1v) is 7.60. The second-order valence-electron chi connectivity index (χ2n) is 5.70. The first-order chi connectivity index (χ1) is 11.7. The van der Waals surface area contributed by atoms with Gasteiger partial charge in [-0.15, -0.1) is 0 Å². The van der Waals surface area contributed by atoms with Crippen LogP contribution in [0.15, 0.2) is 24.3 Å². The average Bonchev–Trinajstić information content (AvgIpc) is 2.58. The number of carbonyl (C=O) groups excluding carboxylic acids is 3. The number of hydrogen-bond acceptors (Lipinski definition) is 4. The van der Waals surface area contributed by atoms with E-state index >= 15 is 0 Å². The molecule has 1 aliphatic heterocycles. The van der Waals surface area contributed by atoms with E-state index in [0.717, 1.165) is 18.2 Å². The van der Waals surface area contributed by atoms with Crippen molar-refractivity contribution < 1.29 is 32.3 Å². The normalized spacial score (nSPS) is 17.9. The topological polar surface area (TPSA) is 89.7 Å². The largest absolute Gasteiger partial charge is 0.452 e. The molecule has 0 aromatic heterocycles. The van der Waals surface area contributed by atoms with Gasteiger partial charge in [0, 0.05) is 13.1 Å². The summed E-state index contributed by atoms with van der Waals surface area (Å²) in [5.74, 6) is -2.80. The molecule has 6 nitrogen and oxygen atoms in total. The molecule has 1 saturated heterocycles. The number of nitrogens with two attached hydrogens (primary N) is 1. The number of piperidine rings is 1. The minimum atomic E-state index is -4.71. The van der Waals surface area contributed by atoms with Crippen LogP contribution in [-0.2, 0) is 20.5 Å². The Morgan fingerprint density at radius 2 is 1.92 bits per heavy atom. The molecule has 9 heteroatoms. The van der Waals surface area contributed by atoms with Gasteiger partial charge in [-0.25, -0.2) is 4.79 Å². The molecule has 1 aliphatic rings. The van der Waals surface area contributed by atoms with Gasteiger partial charge in [-0.2, -0.15) is 13.2 Å². The van der Waals surface area contributed by atoms with Crippen LogP contribution in [-0.4, -0.2) is 42.4 Å². The lowest BCUT2D eigenvalue weighted by Gasteiger charge is -2.31. The molecule has 0 unspecified atom stereocenters. The standard InChI is InChI=1S/C16H17F3N2O4/c17-16(18,19)12-6-2-1-5-11(12)15(24)25-9-13(22)21-7-3-4-10(8-21)14(20)23/h1-2,5-6,10H,3-4,7-9H2,(H2,20,23)/t10-/m0/s1. The van der Waals surface area contributed by atoms with Crippen LogP contribution in [0.2, 0.25) is 0 Å². The fraction of sp³-hybridized carbons (Fsp3) is 0.438. The smallest absolute Gasteiger partial charge is 0.417 e. The van der Waals surface area contributed by atoms with Gasteiger partial charge in [-0.3, -0.25) is 9.59 Å². The van der Waals surface area contributed by atoms with E-state index in [1.807, 2.05) is 0 Å². The van der Waals surface area contributed by atoms with Crippen LogP contribution >= 0.6 is 0 Å². The van der Waals surface area contributed by atoms with Gasteiger partial charge in [0.1, 0.15) is 0 Å². The Morgan fingerprint density at radius 3 is 2.56 bits per heavy atom. The number of likely N-dealkylation sites (tertiary alicyclic amines) is 1. The lowest BCUT2D eigenvalue weighted by molar-refractivity contribution is -0.138. The van der Waals surface area contributed by atoms with E-state index in [9.17, 15) is 27.6 Å². The zero-order chi connectivity index (χ0) is 18.6. The Kier molecular flexibility index (Phi) is 5.66. The van der Waals surface area contributed by atoms with E-state index in [2.05, 4.69) is 0 Å². The molecule has 0 bridgehead atoms. The van der Waals surface area contributed by atoms with Crippen molar-refractivity contribution in [3.8, 4) is 0 Å². The van der Waals surface area contributed by atoms with Gasteiger partial charge < -0.3 is 15.4 Å². The van der Waals surface area contributed by atoms with Crippen molar-refractivity contribution in [3.05, 3.63) is 35.4 Å². The molecular weight excluding hydrogens is 341 g/mol. The molecule has 1 heterocycles. The fourth-order valence-electron chi connectivity index (χ4n) is 2.64. The molecule has 2 amide bonds. The number of benzene rings is 1. The molecule has 0 saturated carbocycles. The molecular formula is C16H17F3N2O4. The van der Waals surface area contributed by atoms with Crippen LogP contribution in [0.4, 0.5) is 13.2 Å². The zero-order valence-electron chi connectivity index (χ0n) is 13.2. The molecule has 25 heavy (non-hydrogen) atoms. The van der Waals surface area contributed by atoms with Crippen molar-refractivity contribution in [2.75, 3.05) is 19.7 Å². The van der Waals surface area contributed by atoms with Gasteiger partial charge in [0.25, 0.3) is 5.91 Å². The van der Waals surface area contributed by atoms with Gasteiger partial charge in [0.15, 0.2) is 6.61 Å². The van der Waals surface area contributed by atoms with Gasteiger partial charge in [-0.05, 0) is 25.0 Å². The van der Waals surface area contributed by atoms with Gasteiger partial charge in [0.2, 0.25) is 5.91 Å². The zero-order valence-corrected chi connectivity index (χ0v) is 13.2. The van der Waals surface area contributed by atoms with E-state index < -0.39 is 47.6 Å². The number of halogens is 3. The van der Waals surface area contributed by atoms with Crippen LogP contribution in [0, 0.1) is 5.92 Å². The van der Waals surface area contributed by atoms with Crippen LogP contribution in [0.5, 0.6) is 0 Å². The lowest BCUT2D eigenvalue weighted by Crippen LogP contribution is -2.45. The highest BCUT2D eigenvalue weighted by atomic mass is 19.4. The van der Waals surface area contributed by atoms with E-state index in [0.29, 0.717) is 19.4 Å². The number of primary amides is 1. The van der Waals surface area contributed by atoms with Crippen LogP contribution in [0.1, 0.15) is 28.8 Å². The summed E-state index contributed by atoms with van der Waals surface area (Å²) >= 11 is 0. The number of amides is 2. The maximum Gasteiger partial charge on any atom is 0.417 e. The van der Waals surface area contributed by atoms with E-state index in [1.54, 1.807) is 0 Å². The third kappa shape index (κ3) is 4.71. The lowest BCUT2D eigenvalue weighted by atomic mass is 9.97. The van der Waals surface area contributed by atoms with E-state index in [1.165, 1.54) is 11.0 Å². The first kappa shape index (κ1) is 18.8. The van der Waals surface area contributed by atoms with E-state index in [4.69, 9.17) is 10.5 Å². The summed E-state index contributed by atoms with van der Waals surface area (Å²) in [6.45, 7) is -0.208. The molecule has 1 fully saturated rings. The Labute approximate surface area is 141 Å². The highest BCUT2D eigenvalue weighted by Crippen LogP contribution is 2.32. The SMILES string of the molecule is NC(=O)[C@H]1CCCN(C(=O)COC(=O)c2ccccc2C(F)(F)F)C1. The molecule has 0 spiro atoms. The van der Waals surface area contributed by atoms with E-state index in [-0.39, 0.29) is 6.54 Å². The second kappa shape index (κ2) is 7.54. The maximum absolute atomic E-state index is 12.9. The van der Waals surface area contributed by atoms with Crippen molar-refractivity contribution in [1.82, 2.24) is 4.90 Å². The van der Waals surface area contributed by atoms with Crippen molar-refractivity contribution in [1.29, 1.82) is 0 Å². The summed E-state index contributed by atoms with van der Waals surface area (Å²) in [5.41, 5.74) is 3.43. The van der Waals surface area contributed by atoms with Crippen LogP contribution in [0.25, 0.3) is 0 Å². The number of alkyl halides is 3. The summed E-state index contributed by atoms with van der Waals surface area (Å²) in [4.78, 5) is 36.5. The molecule has 0 radical (unpaired) electrons. The van der Waals surface area contributed by atoms with Crippen molar-refractivity contribution in [3.63, 3.8) is 0 Å². The number of ether oxygens (including phenoxy) is 1. The predicted octanol–water partition coefficient (Wildman–Crippen LogP) is 1.59. The molecule has 1 aromatic rings. The van der Waals surface area contributed by atoms with Gasteiger partial charge in [0.05, 0.1) is 17.0 Å². The fourth-order valence-corrected chi connectivity index (χ4v) is 2.64. The third-order valence-electron chi connectivity index (χ3n) is 3.96. The van der Waals surface area contributed by atoms with Crippen LogP contribution in [0.3, 0.4) is 0 Å². The number of carbonyl (C=O) groups is 3. The Hall–Kier alpha value is -2.58. The molecule has 2 rings (SSSR count). The summed E-state index contributed by atoms with van der Waals surface area (Å²) in [6, 6.07) is 4.18. The van der Waals surface area contributed by atoms with Crippen molar-refractivity contribution in [2.45, 2.75) is 19.0 Å². The highest BCUT2D eigenvalue weighted by Gasteiger charge is 2.35. The molecule has 1 aromatic carbocycles. The number of nitrogens with zero attached hydrogens (tertiary/aromatic N) is 1. The minimum Gasteiger partial charge on any atom is -0.452 e. The number of rotatable bonds is 4. The van der Waals surface area contributed by atoms with Crippen molar-refractivity contribution in [2.24, 2.45) is 11.7 Å². The summed E-state index contributed by atoms with van der Waals surface area (Å²) in [5, 5.41) is 0. The third-order valence-corrected chi connectivity index (χ3v) is 3.96. The average molecular weight is 358 g/mol. The van der Waals surface area contributed by atoms with Crippen LogP contribution < -0.4 is 5.73 Å². The quantitative estimate of drug-likeness (QED) is 0.828.